The van der Waals surface area contributed by atoms with Gasteiger partial charge < -0.3 is 19.5 Å². The van der Waals surface area contributed by atoms with E-state index in [1.807, 2.05) is 19.1 Å². The number of carbonyl (C=O) groups excluding carboxylic acids is 1. The topological polar surface area (TPSA) is 56.8 Å². The van der Waals surface area contributed by atoms with Gasteiger partial charge in [-0.15, -0.1) is 0 Å². The number of hydrogen-bond donors (Lipinski definition) is 1. The van der Waals surface area contributed by atoms with E-state index in [2.05, 4.69) is 5.32 Å². The van der Waals surface area contributed by atoms with Crippen LogP contribution in [0.5, 0.6) is 11.5 Å². The van der Waals surface area contributed by atoms with Gasteiger partial charge in [0, 0.05) is 22.9 Å². The molecule has 3 rings (SSSR count). The highest BCUT2D eigenvalue weighted by Gasteiger charge is 2.39. The van der Waals surface area contributed by atoms with Gasteiger partial charge in [-0.3, -0.25) is 0 Å². The van der Waals surface area contributed by atoms with Crippen LogP contribution >= 0.6 is 0 Å². The molecule has 1 heterocycles. The second-order valence-corrected chi connectivity index (χ2v) is 6.46. The zero-order chi connectivity index (χ0) is 17.2. The number of carbonyl (C=O) groups is 1. The van der Waals surface area contributed by atoms with Crippen LogP contribution in [-0.2, 0) is 16.0 Å². The van der Waals surface area contributed by atoms with Crippen molar-refractivity contribution in [2.24, 2.45) is 0 Å². The van der Waals surface area contributed by atoms with Gasteiger partial charge in [0.2, 0.25) is 0 Å². The molecule has 130 valence electrons. The third kappa shape index (κ3) is 3.07. The number of nitrogens with one attached hydrogen (secondary N) is 1. The Kier molecular flexibility index (Phi) is 4.69. The molecule has 1 aliphatic heterocycles. The molecule has 5 nitrogen and oxygen atoms in total. The van der Waals surface area contributed by atoms with E-state index in [9.17, 15) is 4.79 Å². The summed E-state index contributed by atoms with van der Waals surface area (Å²) in [7, 11) is 3.26. The van der Waals surface area contributed by atoms with Gasteiger partial charge >= 0.3 is 5.97 Å². The molecule has 0 atom stereocenters. The van der Waals surface area contributed by atoms with Crippen LogP contribution in [0.3, 0.4) is 0 Å². The first-order valence-corrected chi connectivity index (χ1v) is 8.53. The first-order valence-electron chi connectivity index (χ1n) is 8.53. The Labute approximate surface area is 143 Å². The maximum Gasteiger partial charge on any atom is 0.332 e. The van der Waals surface area contributed by atoms with E-state index in [1.165, 1.54) is 18.4 Å². The van der Waals surface area contributed by atoms with Gasteiger partial charge in [0.15, 0.2) is 11.5 Å². The largest absolute Gasteiger partial charge is 0.493 e. The molecule has 5 heteroatoms. The minimum Gasteiger partial charge on any atom is -0.493 e. The van der Waals surface area contributed by atoms with Crippen molar-refractivity contribution in [3.8, 4) is 11.5 Å². The number of ether oxygens (including phenoxy) is 3. The number of fused-ring (bicyclic) bond motifs is 1. The van der Waals surface area contributed by atoms with E-state index in [0.717, 1.165) is 36.3 Å². The fourth-order valence-electron chi connectivity index (χ4n) is 3.85. The maximum absolute atomic E-state index is 12.0. The molecule has 0 aromatic heterocycles. The van der Waals surface area contributed by atoms with Crippen LogP contribution in [-0.4, -0.2) is 32.3 Å². The maximum atomic E-state index is 12.0. The lowest BCUT2D eigenvalue weighted by molar-refractivity contribution is -0.137. The molecule has 1 aromatic carbocycles. The molecule has 0 saturated heterocycles. The Bertz CT molecular complexity index is 660. The smallest absolute Gasteiger partial charge is 0.332 e. The molecule has 0 radical (unpaired) electrons. The molecule has 24 heavy (non-hydrogen) atoms. The molecular formula is C19H25NO4. The summed E-state index contributed by atoms with van der Waals surface area (Å²) in [5.74, 6) is 1.06. The monoisotopic (exact) mass is 331 g/mol. The van der Waals surface area contributed by atoms with Crippen molar-refractivity contribution in [1.29, 1.82) is 0 Å². The summed E-state index contributed by atoms with van der Waals surface area (Å²) in [4.78, 5) is 12.0. The summed E-state index contributed by atoms with van der Waals surface area (Å²) in [5, 5.41) is 3.63. The predicted octanol–water partition coefficient (Wildman–Crippen LogP) is 3.07. The van der Waals surface area contributed by atoms with Crippen LogP contribution in [0.25, 0.3) is 5.70 Å². The standard InChI is InChI=1S/C19H25NO4/c1-4-24-18(21)11-15-14-10-17(23-3)16(22-2)9-13(14)12-19(20-15)7-5-6-8-19/h9-11,20H,4-8,12H2,1-3H3/b15-11+. The Morgan fingerprint density at radius 3 is 2.50 bits per heavy atom. The summed E-state index contributed by atoms with van der Waals surface area (Å²) in [6.07, 6.45) is 7.14. The van der Waals surface area contributed by atoms with Crippen molar-refractivity contribution in [2.45, 2.75) is 44.6 Å². The van der Waals surface area contributed by atoms with Gasteiger partial charge in [-0.2, -0.15) is 0 Å². The van der Waals surface area contributed by atoms with Crippen LogP contribution in [0.1, 0.15) is 43.7 Å². The molecule has 0 unspecified atom stereocenters. The van der Waals surface area contributed by atoms with Crippen LogP contribution in [0.4, 0.5) is 0 Å². The van der Waals surface area contributed by atoms with Gasteiger partial charge in [0.25, 0.3) is 0 Å². The van der Waals surface area contributed by atoms with Crippen LogP contribution in [0.2, 0.25) is 0 Å². The molecule has 0 bridgehead atoms. The van der Waals surface area contributed by atoms with E-state index >= 15 is 0 Å². The summed E-state index contributed by atoms with van der Waals surface area (Å²) >= 11 is 0. The molecular weight excluding hydrogens is 306 g/mol. The molecule has 1 aromatic rings. The average molecular weight is 331 g/mol. The van der Waals surface area contributed by atoms with E-state index in [1.54, 1.807) is 20.3 Å². The lowest BCUT2D eigenvalue weighted by Crippen LogP contribution is -2.47. The number of methoxy groups -OCH3 is 2. The number of rotatable bonds is 4. The summed E-state index contributed by atoms with van der Waals surface area (Å²) in [5.41, 5.74) is 3.02. The van der Waals surface area contributed by atoms with Crippen molar-refractivity contribution < 1.29 is 19.0 Å². The Hall–Kier alpha value is -2.17. The molecule has 1 aliphatic carbocycles. The van der Waals surface area contributed by atoms with E-state index in [-0.39, 0.29) is 11.5 Å². The van der Waals surface area contributed by atoms with Crippen LogP contribution in [0, 0.1) is 0 Å². The predicted molar refractivity (Wildman–Crippen MR) is 92.2 cm³/mol. The van der Waals surface area contributed by atoms with Crippen molar-refractivity contribution in [1.82, 2.24) is 5.32 Å². The van der Waals surface area contributed by atoms with Crippen molar-refractivity contribution in [2.75, 3.05) is 20.8 Å². The quantitative estimate of drug-likeness (QED) is 0.679. The van der Waals surface area contributed by atoms with E-state index in [4.69, 9.17) is 14.2 Å². The third-order valence-corrected chi connectivity index (χ3v) is 4.94. The fourth-order valence-corrected chi connectivity index (χ4v) is 3.85. The second-order valence-electron chi connectivity index (χ2n) is 6.46. The Balaban J connectivity index is 2.07. The molecule has 1 fully saturated rings. The number of hydrogen-bond acceptors (Lipinski definition) is 5. The van der Waals surface area contributed by atoms with Crippen LogP contribution in [0.15, 0.2) is 18.2 Å². The highest BCUT2D eigenvalue weighted by molar-refractivity contribution is 5.92. The third-order valence-electron chi connectivity index (χ3n) is 4.94. The fraction of sp³-hybridized carbons (Fsp3) is 0.526. The lowest BCUT2D eigenvalue weighted by atomic mass is 9.81. The highest BCUT2D eigenvalue weighted by atomic mass is 16.5. The first kappa shape index (κ1) is 16.7. The average Bonchev–Trinajstić information content (AvgIpc) is 3.01. The van der Waals surface area contributed by atoms with Gasteiger partial charge in [-0.1, -0.05) is 12.8 Å². The highest BCUT2D eigenvalue weighted by Crippen LogP contribution is 2.43. The van der Waals surface area contributed by atoms with Gasteiger partial charge in [-0.25, -0.2) is 4.79 Å². The van der Waals surface area contributed by atoms with E-state index < -0.39 is 0 Å². The van der Waals surface area contributed by atoms with Crippen molar-refractivity contribution >= 4 is 11.7 Å². The Morgan fingerprint density at radius 1 is 1.21 bits per heavy atom. The zero-order valence-electron chi connectivity index (χ0n) is 14.6. The van der Waals surface area contributed by atoms with Gasteiger partial charge in [-0.05, 0) is 43.9 Å². The second kappa shape index (κ2) is 6.75. The molecule has 1 saturated carbocycles. The molecule has 1 spiro atoms. The number of esters is 1. The summed E-state index contributed by atoms with van der Waals surface area (Å²) < 4.78 is 16.0. The van der Waals surface area contributed by atoms with Gasteiger partial charge in [0.1, 0.15) is 0 Å². The Morgan fingerprint density at radius 2 is 1.88 bits per heavy atom. The summed E-state index contributed by atoms with van der Waals surface area (Å²) in [6, 6.07) is 3.97. The van der Waals surface area contributed by atoms with Crippen molar-refractivity contribution in [3.63, 3.8) is 0 Å². The minimum atomic E-state index is -0.323. The minimum absolute atomic E-state index is 0.0327. The van der Waals surface area contributed by atoms with E-state index in [0.29, 0.717) is 12.4 Å². The normalized spacial score (nSPS) is 19.7. The molecule has 2 aliphatic rings. The lowest BCUT2D eigenvalue weighted by Gasteiger charge is -2.38. The molecule has 1 N–H and O–H groups in total. The molecule has 0 amide bonds. The van der Waals surface area contributed by atoms with Crippen LogP contribution < -0.4 is 14.8 Å². The zero-order valence-corrected chi connectivity index (χ0v) is 14.6. The number of benzene rings is 1. The van der Waals surface area contributed by atoms with Crippen molar-refractivity contribution in [3.05, 3.63) is 29.3 Å². The first-order chi connectivity index (χ1) is 11.6. The summed E-state index contributed by atoms with van der Waals surface area (Å²) in [6.45, 7) is 2.18. The SMILES string of the molecule is CCOC(=O)/C=C1/NC2(CCCC2)Cc2cc(OC)c(OC)cc21. The van der Waals surface area contributed by atoms with Gasteiger partial charge in [0.05, 0.1) is 20.8 Å².